The maximum Gasteiger partial charge on any atom is 0.154 e. The van der Waals surface area contributed by atoms with Crippen molar-refractivity contribution in [1.29, 1.82) is 0 Å². The Labute approximate surface area is 212 Å². The van der Waals surface area contributed by atoms with Crippen LogP contribution in [0, 0.1) is 0 Å². The molecule has 3 N–H and O–H groups in total. The second-order valence-corrected chi connectivity index (χ2v) is 8.69. The number of ether oxygens (including phenoxy) is 2. The monoisotopic (exact) mass is 498 g/mol. The van der Waals surface area contributed by atoms with Crippen molar-refractivity contribution in [2.75, 3.05) is 62.8 Å². The first-order chi connectivity index (χ1) is 16.8. The van der Waals surface area contributed by atoms with Gasteiger partial charge in [-0.25, -0.2) is 9.97 Å². The molecule has 0 unspecified atom stereocenters. The molecule has 4 heterocycles. The van der Waals surface area contributed by atoms with E-state index >= 15 is 0 Å². The molecule has 0 bridgehead atoms. The molecule has 2 fully saturated rings. The van der Waals surface area contributed by atoms with E-state index in [2.05, 4.69) is 49.8 Å². The molecular weight excluding hydrogens is 464 g/mol. The molecule has 2 aliphatic heterocycles. The quantitative estimate of drug-likeness (QED) is 0.431. The van der Waals surface area contributed by atoms with Crippen LogP contribution in [0.25, 0.3) is 22.3 Å². The van der Waals surface area contributed by atoms with Crippen LogP contribution in [0.15, 0.2) is 42.7 Å². The second-order valence-electron chi connectivity index (χ2n) is 8.69. The van der Waals surface area contributed by atoms with E-state index in [0.717, 1.165) is 73.7 Å². The van der Waals surface area contributed by atoms with Gasteiger partial charge in [-0.05, 0) is 31.0 Å². The molecule has 35 heavy (non-hydrogen) atoms. The van der Waals surface area contributed by atoms with E-state index in [0.29, 0.717) is 13.2 Å². The zero-order valence-electron chi connectivity index (χ0n) is 19.8. The van der Waals surface area contributed by atoms with E-state index in [-0.39, 0.29) is 32.3 Å². The molecule has 10 heteroatoms. The maximum absolute atomic E-state index is 8.95. The first-order valence-corrected chi connectivity index (χ1v) is 12.1. The van der Waals surface area contributed by atoms with Crippen LogP contribution >= 0.6 is 13.5 Å². The smallest absolute Gasteiger partial charge is 0.154 e. The highest BCUT2D eigenvalue weighted by Gasteiger charge is 2.20. The van der Waals surface area contributed by atoms with E-state index in [1.807, 2.05) is 6.07 Å². The van der Waals surface area contributed by atoms with Crippen molar-refractivity contribution in [3.63, 3.8) is 0 Å². The Morgan fingerprint density at radius 3 is 2.69 bits per heavy atom. The average Bonchev–Trinajstić information content (AvgIpc) is 2.91. The van der Waals surface area contributed by atoms with Gasteiger partial charge in [0.2, 0.25) is 0 Å². The summed E-state index contributed by atoms with van der Waals surface area (Å²) in [7, 11) is 0. The minimum Gasteiger partial charge on any atom is -0.394 e. The molecule has 0 aliphatic carbocycles. The third-order valence-corrected chi connectivity index (χ3v) is 6.37. The van der Waals surface area contributed by atoms with Gasteiger partial charge in [-0.15, -0.1) is 0 Å². The summed E-state index contributed by atoms with van der Waals surface area (Å²) >= 11 is 0. The fourth-order valence-corrected chi connectivity index (χ4v) is 4.55. The highest BCUT2D eigenvalue weighted by Crippen LogP contribution is 2.28. The van der Waals surface area contributed by atoms with Crippen molar-refractivity contribution in [3.8, 4) is 11.3 Å². The van der Waals surface area contributed by atoms with Crippen LogP contribution in [-0.4, -0.2) is 84.8 Å². The summed E-state index contributed by atoms with van der Waals surface area (Å²) in [5, 5.41) is 15.7. The first-order valence-electron chi connectivity index (χ1n) is 12.1. The fourth-order valence-electron chi connectivity index (χ4n) is 4.55. The average molecular weight is 499 g/mol. The molecule has 1 atom stereocenters. The zero-order valence-corrected chi connectivity index (χ0v) is 20.8. The third-order valence-electron chi connectivity index (χ3n) is 6.37. The van der Waals surface area contributed by atoms with E-state index in [4.69, 9.17) is 19.6 Å². The van der Waals surface area contributed by atoms with Crippen LogP contribution in [0.1, 0.15) is 12.8 Å². The minimum atomic E-state index is 0. The van der Waals surface area contributed by atoms with Gasteiger partial charge in [-0.1, -0.05) is 12.1 Å². The first kappa shape index (κ1) is 25.6. The number of rotatable bonds is 8. The fraction of sp³-hybridized carbons (Fsp3) is 0.480. The van der Waals surface area contributed by atoms with Gasteiger partial charge in [0.1, 0.15) is 5.52 Å². The van der Waals surface area contributed by atoms with Gasteiger partial charge in [-0.2, -0.15) is 13.5 Å². The van der Waals surface area contributed by atoms with E-state index in [1.54, 1.807) is 12.4 Å². The number of benzene rings is 1. The highest BCUT2D eigenvalue weighted by atomic mass is 32.1. The SMILES string of the molecule is OCCOC1CCN(c2ccc(-c3cc4nccnc4c(NC[C@@H]4CNCCO4)n3)cc2)CC1.S. The van der Waals surface area contributed by atoms with E-state index in [9.17, 15) is 0 Å². The van der Waals surface area contributed by atoms with Crippen molar-refractivity contribution >= 4 is 36.0 Å². The molecule has 2 aromatic heterocycles. The maximum atomic E-state index is 8.95. The second kappa shape index (κ2) is 12.5. The van der Waals surface area contributed by atoms with Crippen LogP contribution < -0.4 is 15.5 Å². The van der Waals surface area contributed by atoms with Crippen molar-refractivity contribution in [2.24, 2.45) is 0 Å². The molecule has 188 valence electrons. The number of anilines is 2. The van der Waals surface area contributed by atoms with Crippen LogP contribution in [0.2, 0.25) is 0 Å². The number of hydrogen-bond donors (Lipinski definition) is 3. The molecule has 0 spiro atoms. The van der Waals surface area contributed by atoms with Crippen molar-refractivity contribution < 1.29 is 14.6 Å². The summed E-state index contributed by atoms with van der Waals surface area (Å²) < 4.78 is 11.5. The van der Waals surface area contributed by atoms with Gasteiger partial charge in [0.05, 0.1) is 43.2 Å². The molecule has 0 radical (unpaired) electrons. The Hall–Kier alpha value is -2.50. The topological polar surface area (TPSA) is 105 Å². The largest absolute Gasteiger partial charge is 0.394 e. The molecule has 2 saturated heterocycles. The summed E-state index contributed by atoms with van der Waals surface area (Å²) in [6.45, 7) is 5.50. The van der Waals surface area contributed by atoms with Crippen molar-refractivity contribution in [2.45, 2.75) is 25.0 Å². The number of aliphatic hydroxyl groups excluding tert-OH is 1. The Morgan fingerprint density at radius 1 is 1.14 bits per heavy atom. The molecular formula is C25H34N6O3S. The van der Waals surface area contributed by atoms with Gasteiger partial charge in [0.15, 0.2) is 5.82 Å². The van der Waals surface area contributed by atoms with Gasteiger partial charge in [-0.3, -0.25) is 4.98 Å². The standard InChI is InChI=1S/C25H32N6O3.H2S/c32-12-14-34-20-5-10-31(11-6-20)19-3-1-18(2-4-19)22-15-23-24(28-8-7-27-23)25(30-22)29-17-21-16-26-9-13-33-21;/h1-4,7-8,15,20-21,26,32H,5-6,9-14,16-17H2,(H,29,30);1H2/t21-;/m0./s1. The van der Waals surface area contributed by atoms with Crippen LogP contribution in [-0.2, 0) is 9.47 Å². The predicted octanol–water partition coefficient (Wildman–Crippen LogP) is 2.18. The van der Waals surface area contributed by atoms with Crippen molar-refractivity contribution in [1.82, 2.24) is 20.3 Å². The number of morpholine rings is 1. The predicted molar refractivity (Wildman–Crippen MR) is 143 cm³/mol. The number of nitrogens with zero attached hydrogens (tertiary/aromatic N) is 4. The van der Waals surface area contributed by atoms with Gasteiger partial charge in [0, 0.05) is 56.4 Å². The minimum absolute atomic E-state index is 0. The van der Waals surface area contributed by atoms with E-state index in [1.165, 1.54) is 5.69 Å². The summed E-state index contributed by atoms with van der Waals surface area (Å²) in [5.41, 5.74) is 4.67. The molecule has 1 aromatic carbocycles. The van der Waals surface area contributed by atoms with Crippen LogP contribution in [0.5, 0.6) is 0 Å². The van der Waals surface area contributed by atoms with Gasteiger partial charge < -0.3 is 30.1 Å². The number of aliphatic hydroxyl groups is 1. The summed E-state index contributed by atoms with van der Waals surface area (Å²) in [6, 6.07) is 10.5. The number of hydrogen-bond acceptors (Lipinski definition) is 9. The molecule has 0 amide bonds. The normalized spacial score (nSPS) is 18.9. The number of fused-ring (bicyclic) bond motifs is 1. The number of piperidine rings is 1. The lowest BCUT2D eigenvalue weighted by Crippen LogP contribution is -2.42. The molecule has 9 nitrogen and oxygen atoms in total. The Morgan fingerprint density at radius 2 is 1.94 bits per heavy atom. The summed E-state index contributed by atoms with van der Waals surface area (Å²) in [4.78, 5) is 16.3. The van der Waals surface area contributed by atoms with E-state index < -0.39 is 0 Å². The number of nitrogens with one attached hydrogen (secondary N) is 2. The molecule has 5 rings (SSSR count). The number of pyridine rings is 1. The third kappa shape index (κ3) is 6.39. The summed E-state index contributed by atoms with van der Waals surface area (Å²) in [6.07, 6.45) is 5.69. The molecule has 2 aliphatic rings. The Bertz CT molecular complexity index is 1070. The summed E-state index contributed by atoms with van der Waals surface area (Å²) in [5.74, 6) is 0.726. The molecule has 3 aromatic rings. The molecule has 0 saturated carbocycles. The van der Waals surface area contributed by atoms with Crippen LogP contribution in [0.3, 0.4) is 0 Å². The Kier molecular flexibility index (Phi) is 9.11. The lowest BCUT2D eigenvalue weighted by atomic mass is 10.1. The van der Waals surface area contributed by atoms with Gasteiger partial charge in [0.25, 0.3) is 0 Å². The lowest BCUT2D eigenvalue weighted by Gasteiger charge is -2.33. The van der Waals surface area contributed by atoms with Crippen LogP contribution in [0.4, 0.5) is 11.5 Å². The Balaban J connectivity index is 0.00000289. The van der Waals surface area contributed by atoms with Crippen molar-refractivity contribution in [3.05, 3.63) is 42.7 Å². The van der Waals surface area contributed by atoms with Gasteiger partial charge >= 0.3 is 0 Å². The highest BCUT2D eigenvalue weighted by molar-refractivity contribution is 7.59. The number of aromatic nitrogens is 3. The lowest BCUT2D eigenvalue weighted by molar-refractivity contribution is 0.0159. The zero-order chi connectivity index (χ0) is 23.2.